The van der Waals surface area contributed by atoms with Crippen molar-refractivity contribution in [2.45, 2.75) is 25.5 Å². The van der Waals surface area contributed by atoms with Crippen LogP contribution in [0.3, 0.4) is 0 Å². The second-order valence-corrected chi connectivity index (χ2v) is 5.67. The van der Waals surface area contributed by atoms with Crippen LogP contribution in [0.2, 0.25) is 0 Å². The van der Waals surface area contributed by atoms with Crippen LogP contribution in [0.25, 0.3) is 0 Å². The molecule has 1 aromatic carbocycles. The van der Waals surface area contributed by atoms with Gasteiger partial charge in [-0.3, -0.25) is 19.2 Å². The highest BCUT2D eigenvalue weighted by Gasteiger charge is 2.29. The molecule has 2 amide bonds. The molecule has 0 aliphatic rings. The van der Waals surface area contributed by atoms with Crippen molar-refractivity contribution in [2.24, 2.45) is 0 Å². The number of hydrogen-bond acceptors (Lipinski definition) is 6. The van der Waals surface area contributed by atoms with Crippen molar-refractivity contribution < 1.29 is 44.0 Å². The Balaban J connectivity index is 2.82. The molecule has 0 aliphatic heterocycles. The Morgan fingerprint density at radius 3 is 2.00 bits per heavy atom. The number of carbonyl (C=O) groups excluding carboxylic acids is 2. The first kappa shape index (κ1) is 22.4. The number of nitrogens with one attached hydrogen (secondary N) is 1. The molecule has 0 radical (unpaired) electrons. The Labute approximate surface area is 159 Å². The van der Waals surface area contributed by atoms with Gasteiger partial charge >= 0.3 is 24.0 Å². The zero-order chi connectivity index (χ0) is 21.1. The fourth-order valence-electron chi connectivity index (χ4n) is 2.19. The first-order valence-corrected chi connectivity index (χ1v) is 8.10. The Morgan fingerprint density at radius 1 is 0.929 bits per heavy atom. The summed E-state index contributed by atoms with van der Waals surface area (Å²) >= 11 is 0. The molecule has 0 heterocycles. The van der Waals surface area contributed by atoms with Crippen molar-refractivity contribution in [3.05, 3.63) is 35.9 Å². The van der Waals surface area contributed by atoms with Gasteiger partial charge in [0, 0.05) is 6.42 Å². The predicted octanol–water partition coefficient (Wildman–Crippen LogP) is 0.144. The van der Waals surface area contributed by atoms with Crippen molar-refractivity contribution >= 4 is 29.9 Å². The van der Waals surface area contributed by atoms with Crippen molar-refractivity contribution in [3.8, 4) is 0 Å². The van der Waals surface area contributed by atoms with Crippen molar-refractivity contribution in [1.29, 1.82) is 0 Å². The molecule has 0 aliphatic carbocycles. The van der Waals surface area contributed by atoms with Crippen LogP contribution in [0.1, 0.15) is 18.4 Å². The van der Waals surface area contributed by atoms with E-state index >= 15 is 0 Å². The number of hydrogen-bond donors (Lipinski definition) is 4. The lowest BCUT2D eigenvalue weighted by atomic mass is 10.1. The first-order valence-electron chi connectivity index (χ1n) is 8.10. The molecule has 11 nitrogen and oxygen atoms in total. The molecule has 1 aromatic rings. The van der Waals surface area contributed by atoms with Crippen LogP contribution in [-0.2, 0) is 30.5 Å². The summed E-state index contributed by atoms with van der Waals surface area (Å²) < 4.78 is 4.96. The molecule has 0 aromatic heterocycles. The number of carbonyl (C=O) groups is 5. The minimum absolute atomic E-state index is 0.111. The van der Waals surface area contributed by atoms with E-state index in [-0.39, 0.29) is 13.0 Å². The first-order chi connectivity index (χ1) is 13.2. The molecule has 4 N–H and O–H groups in total. The molecule has 1 atom stereocenters. The Kier molecular flexibility index (Phi) is 8.93. The second-order valence-electron chi connectivity index (χ2n) is 5.67. The lowest BCUT2D eigenvalue weighted by Gasteiger charge is -2.25. The number of rotatable bonds is 11. The molecule has 28 heavy (non-hydrogen) atoms. The Hall–Kier alpha value is -3.63. The zero-order valence-corrected chi connectivity index (χ0v) is 14.7. The second kappa shape index (κ2) is 11.2. The summed E-state index contributed by atoms with van der Waals surface area (Å²) in [5, 5.41) is 28.7. The van der Waals surface area contributed by atoms with Gasteiger partial charge < -0.3 is 30.3 Å². The zero-order valence-electron chi connectivity index (χ0n) is 14.7. The van der Waals surface area contributed by atoms with Gasteiger partial charge in [-0.1, -0.05) is 30.3 Å². The molecule has 0 spiro atoms. The van der Waals surface area contributed by atoms with E-state index in [1.807, 2.05) is 0 Å². The van der Waals surface area contributed by atoms with Crippen LogP contribution in [0.15, 0.2) is 30.3 Å². The topological polar surface area (TPSA) is 171 Å². The van der Waals surface area contributed by atoms with E-state index in [1.165, 1.54) is 0 Å². The molecular weight excluding hydrogens is 376 g/mol. The van der Waals surface area contributed by atoms with Gasteiger partial charge in [0.25, 0.3) is 0 Å². The average molecular weight is 396 g/mol. The summed E-state index contributed by atoms with van der Waals surface area (Å²) in [5.74, 6) is -5.21. The molecule has 0 bridgehead atoms. The van der Waals surface area contributed by atoms with E-state index in [0.717, 1.165) is 0 Å². The number of amides is 2. The molecule has 11 heteroatoms. The third-order valence-electron chi connectivity index (χ3n) is 3.41. The largest absolute Gasteiger partial charge is 0.481 e. The highest BCUT2D eigenvalue weighted by Crippen LogP contribution is 2.06. The van der Waals surface area contributed by atoms with Crippen LogP contribution in [0, 0.1) is 0 Å². The van der Waals surface area contributed by atoms with E-state index in [4.69, 9.17) is 20.1 Å². The van der Waals surface area contributed by atoms with Gasteiger partial charge in [-0.05, 0) is 12.0 Å². The van der Waals surface area contributed by atoms with Gasteiger partial charge in [0.2, 0.25) is 5.91 Å². The number of benzene rings is 1. The monoisotopic (exact) mass is 396 g/mol. The number of carboxylic acid groups (broad SMARTS) is 3. The molecular formula is C17H20N2O9. The SMILES string of the molecule is O=C(O)CCC(NC(=O)OCc1ccccc1)C(=O)N(CC(=O)O)CC(=O)O. The van der Waals surface area contributed by atoms with Crippen molar-refractivity contribution in [2.75, 3.05) is 13.1 Å². The van der Waals surface area contributed by atoms with E-state index in [0.29, 0.717) is 10.5 Å². The fraction of sp³-hybridized carbons (Fsp3) is 0.353. The number of carboxylic acids is 3. The van der Waals surface area contributed by atoms with E-state index in [1.54, 1.807) is 30.3 Å². The van der Waals surface area contributed by atoms with Crippen LogP contribution < -0.4 is 5.32 Å². The van der Waals surface area contributed by atoms with Crippen LogP contribution >= 0.6 is 0 Å². The molecule has 0 fully saturated rings. The summed E-state index contributed by atoms with van der Waals surface area (Å²) in [6, 6.07) is 7.16. The number of alkyl carbamates (subject to hydrolysis) is 1. The number of nitrogens with zero attached hydrogens (tertiary/aromatic N) is 1. The Bertz CT molecular complexity index is 705. The van der Waals surface area contributed by atoms with Gasteiger partial charge in [-0.25, -0.2) is 4.79 Å². The van der Waals surface area contributed by atoms with Gasteiger partial charge in [-0.2, -0.15) is 0 Å². The maximum atomic E-state index is 12.5. The molecule has 152 valence electrons. The molecule has 0 saturated heterocycles. The van der Waals surface area contributed by atoms with Crippen LogP contribution in [0.5, 0.6) is 0 Å². The fourth-order valence-corrected chi connectivity index (χ4v) is 2.19. The summed E-state index contributed by atoms with van der Waals surface area (Å²) in [4.78, 5) is 57.5. The Morgan fingerprint density at radius 2 is 1.50 bits per heavy atom. The molecule has 1 unspecified atom stereocenters. The van der Waals surface area contributed by atoms with E-state index < -0.39 is 55.5 Å². The predicted molar refractivity (Wildman–Crippen MR) is 92.3 cm³/mol. The van der Waals surface area contributed by atoms with Crippen molar-refractivity contribution in [1.82, 2.24) is 10.2 Å². The minimum Gasteiger partial charge on any atom is -0.481 e. The van der Waals surface area contributed by atoms with E-state index in [9.17, 15) is 24.0 Å². The van der Waals surface area contributed by atoms with Crippen LogP contribution in [0.4, 0.5) is 4.79 Å². The highest BCUT2D eigenvalue weighted by atomic mass is 16.5. The number of ether oxygens (including phenoxy) is 1. The number of aliphatic carboxylic acids is 3. The summed E-state index contributed by atoms with van der Waals surface area (Å²) in [7, 11) is 0. The smallest absolute Gasteiger partial charge is 0.408 e. The summed E-state index contributed by atoms with van der Waals surface area (Å²) in [6.45, 7) is -1.95. The van der Waals surface area contributed by atoms with Gasteiger partial charge in [0.1, 0.15) is 25.7 Å². The van der Waals surface area contributed by atoms with Gasteiger partial charge in [-0.15, -0.1) is 0 Å². The average Bonchev–Trinajstić information content (AvgIpc) is 2.62. The summed E-state index contributed by atoms with van der Waals surface area (Å²) in [6.07, 6.45) is -1.91. The van der Waals surface area contributed by atoms with Crippen molar-refractivity contribution in [3.63, 3.8) is 0 Å². The summed E-state index contributed by atoms with van der Waals surface area (Å²) in [5.41, 5.74) is 0.671. The maximum absolute atomic E-state index is 12.5. The quantitative estimate of drug-likeness (QED) is 0.406. The molecule has 0 saturated carbocycles. The van der Waals surface area contributed by atoms with Gasteiger partial charge in [0.05, 0.1) is 0 Å². The standard InChI is InChI=1S/C17H20N2O9/c20-13(21)7-6-12(16(26)19(8-14(22)23)9-15(24)25)18-17(27)28-10-11-4-2-1-3-5-11/h1-5,12H,6-10H2,(H,18,27)(H,20,21)(H,22,23)(H,24,25). The molecule has 1 rings (SSSR count). The minimum atomic E-state index is -1.46. The lowest BCUT2D eigenvalue weighted by molar-refractivity contribution is -0.150. The third-order valence-corrected chi connectivity index (χ3v) is 3.41. The van der Waals surface area contributed by atoms with E-state index in [2.05, 4.69) is 5.32 Å². The maximum Gasteiger partial charge on any atom is 0.408 e. The normalized spacial score (nSPS) is 11.1. The highest BCUT2D eigenvalue weighted by molar-refractivity contribution is 5.90. The van der Waals surface area contributed by atoms with Gasteiger partial charge in [0.15, 0.2) is 0 Å². The lowest BCUT2D eigenvalue weighted by Crippen LogP contribution is -2.51. The van der Waals surface area contributed by atoms with Crippen LogP contribution in [-0.4, -0.2) is 69.3 Å². The third kappa shape index (κ3) is 8.65.